The van der Waals surface area contributed by atoms with E-state index >= 15 is 0 Å². The molecule has 6 heteroatoms. The van der Waals surface area contributed by atoms with Crippen molar-refractivity contribution in [2.24, 2.45) is 0 Å². The lowest BCUT2D eigenvalue weighted by Crippen LogP contribution is -2.41. The Balaban J connectivity index is 2.31. The molecule has 0 aromatic carbocycles. The summed E-state index contributed by atoms with van der Waals surface area (Å²) in [7, 11) is 1.08. The van der Waals surface area contributed by atoms with Crippen molar-refractivity contribution < 1.29 is 14.0 Å². The first kappa shape index (κ1) is 15.2. The average Bonchev–Trinajstić information content (AvgIpc) is 2.50. The summed E-state index contributed by atoms with van der Waals surface area (Å²) in [6, 6.07) is 0. The molecular formula is C13H19BCl2O3. The summed E-state index contributed by atoms with van der Waals surface area (Å²) in [6.07, 6.45) is 2.47. The summed E-state index contributed by atoms with van der Waals surface area (Å²) in [5.74, 6) is 0.675. The van der Waals surface area contributed by atoms with Crippen molar-refractivity contribution in [2.45, 2.75) is 50.7 Å². The minimum absolute atomic E-state index is 0.161. The molecule has 1 saturated heterocycles. The highest BCUT2D eigenvalue weighted by Gasteiger charge is 2.53. The second-order valence-electron chi connectivity index (χ2n) is 5.87. The monoisotopic (exact) mass is 304 g/mol. The van der Waals surface area contributed by atoms with Gasteiger partial charge in [0.15, 0.2) is 0 Å². The average molecular weight is 305 g/mol. The van der Waals surface area contributed by atoms with Gasteiger partial charge in [0.05, 0.1) is 28.7 Å². The summed E-state index contributed by atoms with van der Waals surface area (Å²) < 4.78 is 17.3. The van der Waals surface area contributed by atoms with Gasteiger partial charge in [0.2, 0.25) is 0 Å². The zero-order chi connectivity index (χ0) is 14.4. The van der Waals surface area contributed by atoms with Crippen LogP contribution in [0.4, 0.5) is 0 Å². The molecule has 3 nitrogen and oxygen atoms in total. The molecule has 1 aliphatic carbocycles. The fourth-order valence-electron chi connectivity index (χ4n) is 2.08. The number of alkyl halides is 1. The topological polar surface area (TPSA) is 27.7 Å². The molecule has 1 atom stereocenters. The van der Waals surface area contributed by atoms with Crippen molar-refractivity contribution >= 4 is 30.3 Å². The molecule has 1 aliphatic heterocycles. The quantitative estimate of drug-likeness (QED) is 0.576. The smallest absolute Gasteiger partial charge is 0.496 e. The highest BCUT2D eigenvalue weighted by atomic mass is 35.5. The number of ether oxygens (including phenoxy) is 1. The normalized spacial score (nSPS) is 29.5. The Hall–Kier alpha value is -0.155. The molecule has 2 aliphatic rings. The van der Waals surface area contributed by atoms with Crippen LogP contribution >= 0.6 is 23.2 Å². The van der Waals surface area contributed by atoms with E-state index in [1.807, 2.05) is 33.8 Å². The van der Waals surface area contributed by atoms with Crippen molar-refractivity contribution in [3.05, 3.63) is 22.3 Å². The number of allylic oxidation sites excluding steroid dienone is 4. The first-order valence-electron chi connectivity index (χ1n) is 6.32. The van der Waals surface area contributed by atoms with E-state index in [1.54, 1.807) is 7.11 Å². The van der Waals surface area contributed by atoms with Crippen LogP contribution in [0.15, 0.2) is 22.3 Å². The maximum Gasteiger partial charge on any atom is 0.496 e. The van der Waals surface area contributed by atoms with Gasteiger partial charge in [-0.3, -0.25) is 0 Å². The van der Waals surface area contributed by atoms with Crippen molar-refractivity contribution in [1.82, 2.24) is 0 Å². The summed E-state index contributed by atoms with van der Waals surface area (Å²) in [5.41, 5.74) is -0.0481. The Bertz CT molecular complexity index is 427. The molecule has 0 aromatic rings. The third-order valence-electron chi connectivity index (χ3n) is 3.99. The lowest BCUT2D eigenvalue weighted by atomic mass is 9.75. The van der Waals surface area contributed by atoms with Gasteiger partial charge < -0.3 is 14.0 Å². The molecule has 1 heterocycles. The van der Waals surface area contributed by atoms with Crippen molar-refractivity contribution in [2.75, 3.05) is 7.11 Å². The molecular weight excluding hydrogens is 286 g/mol. The van der Waals surface area contributed by atoms with Crippen LogP contribution in [-0.2, 0) is 14.0 Å². The Morgan fingerprint density at radius 1 is 1.26 bits per heavy atom. The van der Waals surface area contributed by atoms with E-state index in [2.05, 4.69) is 0 Å². The highest BCUT2D eigenvalue weighted by Crippen LogP contribution is 2.42. The van der Waals surface area contributed by atoms with Crippen LogP contribution in [0.2, 0.25) is 0 Å². The standard InChI is InChI=1S/C13H19BCl2O3/c1-12(2)13(3,4)19-14(18-12)9-6-8(15)7-10(17-5)11(9)16/h6,8H,7H2,1-5H3. The molecule has 0 N–H and O–H groups in total. The summed E-state index contributed by atoms with van der Waals surface area (Å²) in [4.78, 5) is 0. The van der Waals surface area contributed by atoms with Gasteiger partial charge in [-0.25, -0.2) is 0 Å². The molecule has 0 bridgehead atoms. The summed E-state index contributed by atoms with van der Waals surface area (Å²) in [6.45, 7) is 8.01. The maximum absolute atomic E-state index is 6.35. The van der Waals surface area contributed by atoms with Gasteiger partial charge in [-0.05, 0) is 27.7 Å². The molecule has 0 radical (unpaired) electrons. The van der Waals surface area contributed by atoms with E-state index in [9.17, 15) is 0 Å². The fraction of sp³-hybridized carbons (Fsp3) is 0.692. The number of rotatable bonds is 2. The van der Waals surface area contributed by atoms with Gasteiger partial charge in [-0.2, -0.15) is 0 Å². The minimum atomic E-state index is -0.510. The molecule has 106 valence electrons. The van der Waals surface area contributed by atoms with E-state index in [0.29, 0.717) is 17.2 Å². The Morgan fingerprint density at radius 3 is 2.26 bits per heavy atom. The second-order valence-corrected chi connectivity index (χ2v) is 6.81. The van der Waals surface area contributed by atoms with Gasteiger partial charge in [0.1, 0.15) is 5.76 Å². The molecule has 0 amide bonds. The Labute approximate surface area is 125 Å². The van der Waals surface area contributed by atoms with Crippen LogP contribution < -0.4 is 0 Å². The summed E-state index contributed by atoms with van der Waals surface area (Å²) >= 11 is 12.6. The van der Waals surface area contributed by atoms with Crippen molar-refractivity contribution in [3.63, 3.8) is 0 Å². The largest absolute Gasteiger partial charge is 0.500 e. The van der Waals surface area contributed by atoms with Crippen LogP contribution in [0.1, 0.15) is 34.1 Å². The molecule has 0 saturated carbocycles. The molecule has 0 spiro atoms. The summed E-state index contributed by atoms with van der Waals surface area (Å²) in [5, 5.41) is 0.379. The number of hydrogen-bond acceptors (Lipinski definition) is 3. The molecule has 1 unspecified atom stereocenters. The second kappa shape index (κ2) is 4.99. The first-order valence-corrected chi connectivity index (χ1v) is 7.14. The van der Waals surface area contributed by atoms with Crippen molar-refractivity contribution in [3.8, 4) is 0 Å². The van der Waals surface area contributed by atoms with Crippen LogP contribution in [0.25, 0.3) is 0 Å². The van der Waals surface area contributed by atoms with E-state index < -0.39 is 18.3 Å². The van der Waals surface area contributed by atoms with E-state index in [1.165, 1.54) is 0 Å². The van der Waals surface area contributed by atoms with Crippen molar-refractivity contribution in [1.29, 1.82) is 0 Å². The maximum atomic E-state index is 6.35. The highest BCUT2D eigenvalue weighted by molar-refractivity contribution is 6.60. The lowest BCUT2D eigenvalue weighted by Gasteiger charge is -2.32. The van der Waals surface area contributed by atoms with E-state index in [4.69, 9.17) is 37.2 Å². The van der Waals surface area contributed by atoms with E-state index in [0.717, 1.165) is 5.47 Å². The molecule has 2 rings (SSSR count). The molecule has 1 fully saturated rings. The van der Waals surface area contributed by atoms with Gasteiger partial charge in [-0.1, -0.05) is 17.7 Å². The number of methoxy groups -OCH3 is 1. The zero-order valence-corrected chi connectivity index (χ0v) is 13.4. The SMILES string of the molecule is COC1=C(Cl)C(B2OC(C)(C)C(C)(C)O2)=CC(Cl)C1. The van der Waals surface area contributed by atoms with Gasteiger partial charge in [-0.15, -0.1) is 11.6 Å². The predicted molar refractivity (Wildman–Crippen MR) is 78.3 cm³/mol. The van der Waals surface area contributed by atoms with Gasteiger partial charge >= 0.3 is 7.12 Å². The molecule has 0 aromatic heterocycles. The number of halogens is 2. The minimum Gasteiger partial charge on any atom is -0.500 e. The van der Waals surface area contributed by atoms with Gasteiger partial charge in [0.25, 0.3) is 0 Å². The predicted octanol–water partition coefficient (Wildman–Crippen LogP) is 3.65. The fourth-order valence-corrected chi connectivity index (χ4v) is 2.66. The lowest BCUT2D eigenvalue weighted by molar-refractivity contribution is 0.00578. The zero-order valence-electron chi connectivity index (χ0n) is 11.9. The molecule has 19 heavy (non-hydrogen) atoms. The van der Waals surface area contributed by atoms with Gasteiger partial charge in [0, 0.05) is 11.9 Å². The first-order chi connectivity index (χ1) is 8.68. The van der Waals surface area contributed by atoms with E-state index in [-0.39, 0.29) is 5.38 Å². The van der Waals surface area contributed by atoms with Crippen LogP contribution in [0.5, 0.6) is 0 Å². The van der Waals surface area contributed by atoms with Crippen LogP contribution in [0, 0.1) is 0 Å². The third-order valence-corrected chi connectivity index (χ3v) is 4.70. The van der Waals surface area contributed by atoms with Crippen LogP contribution in [-0.4, -0.2) is 30.8 Å². The Kier molecular flexibility index (Phi) is 4.00. The van der Waals surface area contributed by atoms with Crippen LogP contribution in [0.3, 0.4) is 0 Å². The Morgan fingerprint density at radius 2 is 1.79 bits per heavy atom. The number of hydrogen-bond donors (Lipinski definition) is 0. The third kappa shape index (κ3) is 2.69.